The van der Waals surface area contributed by atoms with Crippen molar-refractivity contribution in [1.29, 1.82) is 0 Å². The highest BCUT2D eigenvalue weighted by molar-refractivity contribution is 5.43. The number of aryl methyl sites for hydroxylation is 1. The van der Waals surface area contributed by atoms with Crippen molar-refractivity contribution < 1.29 is 14.2 Å². The lowest BCUT2D eigenvalue weighted by atomic mass is 9.72. The monoisotopic (exact) mass is 377 g/mol. The van der Waals surface area contributed by atoms with E-state index in [0.717, 1.165) is 42.2 Å². The molecule has 0 aromatic heterocycles. The second-order valence-corrected chi connectivity index (χ2v) is 7.49. The number of hydrogen-bond donors (Lipinski definition) is 0. The maximum absolute atomic E-state index is 6.55. The molecule has 0 spiro atoms. The first kappa shape index (κ1) is 23.4. The molecule has 3 unspecified atom stereocenters. The third kappa shape index (κ3) is 5.65. The molecule has 4 heteroatoms. The van der Waals surface area contributed by atoms with Gasteiger partial charge in [0.05, 0.1) is 14.2 Å². The Hall–Kier alpha value is -1.68. The van der Waals surface area contributed by atoms with Crippen molar-refractivity contribution in [3.8, 4) is 11.5 Å². The molecule has 0 radical (unpaired) electrons. The summed E-state index contributed by atoms with van der Waals surface area (Å²) < 4.78 is 17.8. The molecule has 1 aromatic rings. The van der Waals surface area contributed by atoms with E-state index in [2.05, 4.69) is 32.7 Å². The van der Waals surface area contributed by atoms with E-state index in [-0.39, 0.29) is 11.5 Å². The molecule has 0 saturated carbocycles. The zero-order chi connectivity index (χ0) is 20.6. The predicted octanol–water partition coefficient (Wildman–Crippen LogP) is 5.45. The second-order valence-electron chi connectivity index (χ2n) is 7.49. The lowest BCUT2D eigenvalue weighted by molar-refractivity contribution is -0.0164. The van der Waals surface area contributed by atoms with E-state index in [1.165, 1.54) is 0 Å². The van der Waals surface area contributed by atoms with Crippen molar-refractivity contribution in [1.82, 2.24) is 4.90 Å². The lowest BCUT2D eigenvalue weighted by Crippen LogP contribution is -2.50. The summed E-state index contributed by atoms with van der Waals surface area (Å²) >= 11 is 0. The molecular weight excluding hydrogens is 338 g/mol. The van der Waals surface area contributed by atoms with Gasteiger partial charge in [0.15, 0.2) is 17.6 Å². The van der Waals surface area contributed by atoms with Gasteiger partial charge in [-0.1, -0.05) is 26.8 Å². The molecule has 1 aliphatic heterocycles. The summed E-state index contributed by atoms with van der Waals surface area (Å²) in [5.74, 6) is 2.41. The highest BCUT2D eigenvalue weighted by atomic mass is 16.5. The summed E-state index contributed by atoms with van der Waals surface area (Å²) in [5.41, 5.74) is 1.15. The van der Waals surface area contributed by atoms with Crippen molar-refractivity contribution in [2.45, 2.75) is 66.5 Å². The van der Waals surface area contributed by atoms with Crippen LogP contribution in [0.4, 0.5) is 0 Å². The number of hydrogen-bond acceptors (Lipinski definition) is 4. The Kier molecular flexibility index (Phi) is 9.17. The van der Waals surface area contributed by atoms with Crippen LogP contribution in [0.2, 0.25) is 0 Å². The van der Waals surface area contributed by atoms with Gasteiger partial charge in [0.2, 0.25) is 0 Å². The van der Waals surface area contributed by atoms with Crippen LogP contribution in [-0.4, -0.2) is 44.9 Å². The number of piperidine rings is 1. The Bertz CT molecular complexity index is 614. The molecule has 1 heterocycles. The molecule has 0 bridgehead atoms. The van der Waals surface area contributed by atoms with E-state index in [9.17, 15) is 0 Å². The van der Waals surface area contributed by atoms with Gasteiger partial charge in [-0.05, 0) is 71.0 Å². The van der Waals surface area contributed by atoms with Gasteiger partial charge in [-0.25, -0.2) is 0 Å². The number of nitrogens with zero attached hydrogens (tertiary/aromatic N) is 1. The van der Waals surface area contributed by atoms with Crippen LogP contribution in [0.25, 0.3) is 0 Å². The summed E-state index contributed by atoms with van der Waals surface area (Å²) in [5, 5.41) is 0. The van der Waals surface area contributed by atoms with Crippen LogP contribution < -0.4 is 9.47 Å². The maximum Gasteiger partial charge on any atom is 0.162 e. The van der Waals surface area contributed by atoms with Crippen LogP contribution >= 0.6 is 0 Å². The van der Waals surface area contributed by atoms with Crippen molar-refractivity contribution in [2.24, 2.45) is 5.41 Å². The third-order valence-electron chi connectivity index (χ3n) is 5.53. The number of ether oxygens (including phenoxy) is 3. The van der Waals surface area contributed by atoms with E-state index < -0.39 is 0 Å². The minimum atomic E-state index is -0.144. The maximum atomic E-state index is 6.55. The van der Waals surface area contributed by atoms with Crippen molar-refractivity contribution in [3.05, 3.63) is 35.6 Å². The highest BCUT2D eigenvalue weighted by Gasteiger charge is 2.43. The van der Waals surface area contributed by atoms with Crippen LogP contribution in [0.1, 0.15) is 53.0 Å². The first-order chi connectivity index (χ1) is 12.8. The number of benzene rings is 1. The minimum Gasteiger partial charge on any atom is -0.497 e. The molecule has 1 aliphatic rings. The van der Waals surface area contributed by atoms with Gasteiger partial charge in [-0.15, -0.1) is 0 Å². The zero-order valence-electron chi connectivity index (χ0n) is 18.8. The van der Waals surface area contributed by atoms with Crippen LogP contribution in [0.15, 0.2) is 30.0 Å². The first-order valence-electron chi connectivity index (χ1n) is 10.1. The fourth-order valence-electron chi connectivity index (χ4n) is 3.75. The Morgan fingerprint density at radius 1 is 1.26 bits per heavy atom. The minimum absolute atomic E-state index is 0.00145. The molecule has 0 aliphatic carbocycles. The van der Waals surface area contributed by atoms with Gasteiger partial charge in [0, 0.05) is 11.5 Å². The Morgan fingerprint density at radius 2 is 1.93 bits per heavy atom. The quantitative estimate of drug-likeness (QED) is 0.617. The largest absolute Gasteiger partial charge is 0.497 e. The molecule has 3 atom stereocenters. The Morgan fingerprint density at radius 3 is 2.44 bits per heavy atom. The van der Waals surface area contributed by atoms with Crippen LogP contribution in [0, 0.1) is 12.3 Å². The topological polar surface area (TPSA) is 30.9 Å². The molecule has 27 heavy (non-hydrogen) atoms. The summed E-state index contributed by atoms with van der Waals surface area (Å²) in [6.07, 6.45) is 3.99. The average Bonchev–Trinajstić information content (AvgIpc) is 2.67. The predicted molar refractivity (Wildman–Crippen MR) is 114 cm³/mol. The van der Waals surface area contributed by atoms with Gasteiger partial charge >= 0.3 is 0 Å². The van der Waals surface area contributed by atoms with E-state index in [0.29, 0.717) is 6.04 Å². The van der Waals surface area contributed by atoms with Crippen molar-refractivity contribution in [2.75, 3.05) is 27.8 Å². The number of rotatable bonds is 6. The standard InChI is InChI=1S/C21H33NO3.C2H6/c1-8-17(23-6)20(21(4)11-12-22(5)16(3)14-21)25-19-13-15(2)9-10-18(19)24-7;1-2/h8-10,13,16,20H,11-12,14H2,1-7H3;1-2H3/b17-8+;. The molecule has 1 saturated heterocycles. The van der Waals surface area contributed by atoms with Gasteiger partial charge < -0.3 is 19.1 Å². The molecule has 0 amide bonds. The van der Waals surface area contributed by atoms with Crippen molar-refractivity contribution >= 4 is 0 Å². The summed E-state index contributed by atoms with van der Waals surface area (Å²) in [4.78, 5) is 2.41. The molecular formula is C23H39NO3. The second kappa shape index (κ2) is 10.6. The lowest BCUT2D eigenvalue weighted by Gasteiger charge is -2.46. The molecule has 4 nitrogen and oxygen atoms in total. The summed E-state index contributed by atoms with van der Waals surface area (Å²) in [7, 11) is 5.59. The summed E-state index contributed by atoms with van der Waals surface area (Å²) in [6, 6.07) is 6.55. The van der Waals surface area contributed by atoms with Gasteiger partial charge in [0.25, 0.3) is 0 Å². The van der Waals surface area contributed by atoms with Gasteiger partial charge in [0.1, 0.15) is 5.76 Å². The van der Waals surface area contributed by atoms with Crippen LogP contribution in [0.5, 0.6) is 11.5 Å². The average molecular weight is 378 g/mol. The summed E-state index contributed by atoms with van der Waals surface area (Å²) in [6.45, 7) is 13.7. The zero-order valence-corrected chi connectivity index (χ0v) is 18.8. The smallest absolute Gasteiger partial charge is 0.162 e. The third-order valence-corrected chi connectivity index (χ3v) is 5.53. The highest BCUT2D eigenvalue weighted by Crippen LogP contribution is 2.43. The molecule has 0 N–H and O–H groups in total. The van der Waals surface area contributed by atoms with E-state index in [1.807, 2.05) is 45.0 Å². The fraction of sp³-hybridized carbons (Fsp3) is 0.652. The number of methoxy groups -OCH3 is 2. The van der Waals surface area contributed by atoms with E-state index >= 15 is 0 Å². The fourth-order valence-corrected chi connectivity index (χ4v) is 3.75. The molecule has 1 aromatic carbocycles. The van der Waals surface area contributed by atoms with Gasteiger partial charge in [-0.3, -0.25) is 0 Å². The molecule has 2 rings (SSSR count). The van der Waals surface area contributed by atoms with Crippen molar-refractivity contribution in [3.63, 3.8) is 0 Å². The van der Waals surface area contributed by atoms with E-state index in [1.54, 1.807) is 14.2 Å². The first-order valence-corrected chi connectivity index (χ1v) is 10.1. The molecule has 1 fully saturated rings. The Balaban J connectivity index is 0.00000176. The Labute approximate surface area is 166 Å². The van der Waals surface area contributed by atoms with E-state index in [4.69, 9.17) is 14.2 Å². The van der Waals surface area contributed by atoms with Crippen LogP contribution in [0.3, 0.4) is 0 Å². The van der Waals surface area contributed by atoms with Gasteiger partial charge in [-0.2, -0.15) is 0 Å². The normalized spacial score (nSPS) is 24.5. The SMILES string of the molecule is C/C=C(/OC)C(Oc1cc(C)ccc1OC)C1(C)CCN(C)C(C)C1.CC. The number of allylic oxidation sites excluding steroid dienone is 1. The number of likely N-dealkylation sites (tertiary alicyclic amines) is 1. The molecule has 154 valence electrons. The van der Waals surface area contributed by atoms with Crippen LogP contribution in [-0.2, 0) is 4.74 Å².